The summed E-state index contributed by atoms with van der Waals surface area (Å²) in [5, 5.41) is 2.67. The molecule has 174 valence electrons. The van der Waals surface area contributed by atoms with Crippen molar-refractivity contribution < 1.29 is 33.4 Å². The molecule has 1 aliphatic heterocycles. The van der Waals surface area contributed by atoms with Gasteiger partial charge in [0.15, 0.2) is 11.5 Å². The lowest BCUT2D eigenvalue weighted by atomic mass is 10.1. The van der Waals surface area contributed by atoms with Gasteiger partial charge in [0, 0.05) is 12.1 Å². The number of anilines is 1. The maximum absolute atomic E-state index is 13.4. The molecule has 0 saturated carbocycles. The second kappa shape index (κ2) is 10.4. The Bertz CT molecular complexity index is 1070. The first-order valence-electron chi connectivity index (χ1n) is 9.98. The molecule has 2 aromatic carbocycles. The van der Waals surface area contributed by atoms with Gasteiger partial charge in [0.25, 0.3) is 11.8 Å². The average Bonchev–Trinajstić information content (AvgIpc) is 3.08. The lowest BCUT2D eigenvalue weighted by molar-refractivity contribution is -0.120. The lowest BCUT2D eigenvalue weighted by Crippen LogP contribution is -2.47. The minimum atomic E-state index is -1.08. The summed E-state index contributed by atoms with van der Waals surface area (Å²) in [5.74, 6) is -1.29. The standard InChI is InChI=1S/C23H24N2O7S/c1-30-18-11-15(23(29)32-3)16(12-19(18)31-2)24-20(26)17(9-10-33-4)25-21(27)13-7-5-6-8-14(13)22(25)28/h5-8,11-12,17H,9-10H2,1-4H3,(H,24,26). The number of carbonyl (C=O) groups is 4. The Balaban J connectivity index is 1.99. The molecule has 1 atom stereocenters. The predicted molar refractivity (Wildman–Crippen MR) is 123 cm³/mol. The van der Waals surface area contributed by atoms with Crippen LogP contribution in [0.25, 0.3) is 0 Å². The fraction of sp³-hybridized carbons (Fsp3) is 0.304. The Hall–Kier alpha value is -3.53. The van der Waals surface area contributed by atoms with Crippen LogP contribution < -0.4 is 14.8 Å². The maximum Gasteiger partial charge on any atom is 0.340 e. The number of rotatable bonds is 9. The predicted octanol–water partition coefficient (Wildman–Crippen LogP) is 2.85. The van der Waals surface area contributed by atoms with Crippen LogP contribution in [0.3, 0.4) is 0 Å². The molecule has 0 saturated heterocycles. The van der Waals surface area contributed by atoms with Gasteiger partial charge in [-0.15, -0.1) is 0 Å². The van der Waals surface area contributed by atoms with Crippen LogP contribution in [-0.2, 0) is 9.53 Å². The third kappa shape index (κ3) is 4.65. The lowest BCUT2D eigenvalue weighted by Gasteiger charge is -2.26. The number of hydrogen-bond acceptors (Lipinski definition) is 8. The van der Waals surface area contributed by atoms with E-state index in [0.717, 1.165) is 4.90 Å². The molecule has 33 heavy (non-hydrogen) atoms. The summed E-state index contributed by atoms with van der Waals surface area (Å²) in [4.78, 5) is 52.7. The summed E-state index contributed by atoms with van der Waals surface area (Å²) in [6.07, 6.45) is 2.10. The van der Waals surface area contributed by atoms with Crippen molar-refractivity contribution in [2.75, 3.05) is 38.7 Å². The highest BCUT2D eigenvalue weighted by Gasteiger charge is 2.42. The van der Waals surface area contributed by atoms with E-state index in [9.17, 15) is 19.2 Å². The quantitative estimate of drug-likeness (QED) is 0.438. The molecule has 10 heteroatoms. The molecule has 0 fully saturated rings. The molecule has 1 N–H and O–H groups in total. The molecule has 1 heterocycles. The molecular weight excluding hydrogens is 448 g/mol. The molecule has 0 radical (unpaired) electrons. The minimum Gasteiger partial charge on any atom is -0.493 e. The summed E-state index contributed by atoms with van der Waals surface area (Å²) in [6, 6.07) is 8.18. The van der Waals surface area contributed by atoms with Crippen LogP contribution in [-0.4, -0.2) is 68.0 Å². The van der Waals surface area contributed by atoms with Gasteiger partial charge in [0.1, 0.15) is 6.04 Å². The molecular formula is C23H24N2O7S. The van der Waals surface area contributed by atoms with Gasteiger partial charge in [-0.2, -0.15) is 11.8 Å². The van der Waals surface area contributed by atoms with Gasteiger partial charge >= 0.3 is 5.97 Å². The number of nitrogens with one attached hydrogen (secondary N) is 1. The van der Waals surface area contributed by atoms with Gasteiger partial charge in [-0.05, 0) is 30.6 Å². The van der Waals surface area contributed by atoms with Gasteiger partial charge in [-0.25, -0.2) is 4.79 Å². The van der Waals surface area contributed by atoms with Gasteiger partial charge < -0.3 is 19.5 Å². The van der Waals surface area contributed by atoms with E-state index in [-0.39, 0.29) is 40.3 Å². The first kappa shape index (κ1) is 24.1. The van der Waals surface area contributed by atoms with Crippen LogP contribution in [0.2, 0.25) is 0 Å². The van der Waals surface area contributed by atoms with Crippen molar-refractivity contribution in [3.8, 4) is 11.5 Å². The molecule has 0 spiro atoms. The summed E-state index contributed by atoms with van der Waals surface area (Å²) >= 11 is 1.48. The van der Waals surface area contributed by atoms with Crippen molar-refractivity contribution in [1.29, 1.82) is 0 Å². The highest BCUT2D eigenvalue weighted by Crippen LogP contribution is 2.34. The van der Waals surface area contributed by atoms with Crippen molar-refractivity contribution in [2.24, 2.45) is 0 Å². The van der Waals surface area contributed by atoms with E-state index >= 15 is 0 Å². The van der Waals surface area contributed by atoms with E-state index < -0.39 is 29.7 Å². The number of fused-ring (bicyclic) bond motifs is 1. The van der Waals surface area contributed by atoms with Gasteiger partial charge in [0.2, 0.25) is 5.91 Å². The van der Waals surface area contributed by atoms with E-state index in [0.29, 0.717) is 5.75 Å². The molecule has 3 rings (SSSR count). The zero-order valence-corrected chi connectivity index (χ0v) is 19.5. The number of carbonyl (C=O) groups excluding carboxylic acids is 4. The van der Waals surface area contributed by atoms with Crippen LogP contribution >= 0.6 is 11.8 Å². The SMILES string of the molecule is COC(=O)c1cc(OC)c(OC)cc1NC(=O)C(CCSC)N1C(=O)c2ccccc2C1=O. The molecule has 3 amide bonds. The normalized spacial score (nSPS) is 13.4. The van der Waals surface area contributed by atoms with Crippen molar-refractivity contribution in [3.05, 3.63) is 53.1 Å². The van der Waals surface area contributed by atoms with E-state index in [4.69, 9.17) is 14.2 Å². The number of methoxy groups -OCH3 is 3. The van der Waals surface area contributed by atoms with Crippen LogP contribution in [0, 0.1) is 0 Å². The number of hydrogen-bond donors (Lipinski definition) is 1. The summed E-state index contributed by atoms with van der Waals surface area (Å²) in [7, 11) is 4.05. The number of ether oxygens (including phenoxy) is 3. The highest BCUT2D eigenvalue weighted by molar-refractivity contribution is 7.98. The molecule has 2 aromatic rings. The van der Waals surface area contributed by atoms with Crippen LogP contribution in [0.4, 0.5) is 5.69 Å². The maximum atomic E-state index is 13.4. The second-order valence-corrected chi connectivity index (χ2v) is 8.04. The molecule has 1 aliphatic rings. The number of nitrogens with zero attached hydrogens (tertiary/aromatic N) is 1. The Labute approximate surface area is 195 Å². The van der Waals surface area contributed by atoms with E-state index in [1.807, 2.05) is 6.26 Å². The Morgan fingerprint density at radius 2 is 1.58 bits per heavy atom. The topological polar surface area (TPSA) is 111 Å². The van der Waals surface area contributed by atoms with E-state index in [1.54, 1.807) is 24.3 Å². The number of imide groups is 1. The van der Waals surface area contributed by atoms with E-state index in [1.165, 1.54) is 45.2 Å². The van der Waals surface area contributed by atoms with Crippen LogP contribution in [0.15, 0.2) is 36.4 Å². The summed E-state index contributed by atoms with van der Waals surface area (Å²) in [6.45, 7) is 0. The molecule has 0 aliphatic carbocycles. The Kier molecular flexibility index (Phi) is 7.59. The third-order valence-electron chi connectivity index (χ3n) is 5.22. The first-order valence-corrected chi connectivity index (χ1v) is 11.4. The molecule has 0 bridgehead atoms. The zero-order chi connectivity index (χ0) is 24.1. The number of esters is 1. The highest BCUT2D eigenvalue weighted by atomic mass is 32.2. The zero-order valence-electron chi connectivity index (χ0n) is 18.7. The summed E-state index contributed by atoms with van der Waals surface area (Å²) < 4.78 is 15.3. The fourth-order valence-electron chi connectivity index (χ4n) is 3.58. The van der Waals surface area contributed by atoms with Crippen molar-refractivity contribution in [1.82, 2.24) is 4.90 Å². The second-order valence-electron chi connectivity index (χ2n) is 7.06. The largest absolute Gasteiger partial charge is 0.493 e. The molecule has 9 nitrogen and oxygen atoms in total. The first-order chi connectivity index (χ1) is 15.9. The average molecular weight is 473 g/mol. The smallest absolute Gasteiger partial charge is 0.340 e. The monoisotopic (exact) mass is 472 g/mol. The van der Waals surface area contributed by atoms with Gasteiger partial charge in [-0.3, -0.25) is 19.3 Å². The summed E-state index contributed by atoms with van der Waals surface area (Å²) in [5.41, 5.74) is 0.654. The van der Waals surface area contributed by atoms with Crippen molar-refractivity contribution in [3.63, 3.8) is 0 Å². The number of benzene rings is 2. The van der Waals surface area contributed by atoms with Gasteiger partial charge in [0.05, 0.1) is 43.7 Å². The van der Waals surface area contributed by atoms with Crippen LogP contribution in [0.1, 0.15) is 37.5 Å². The third-order valence-corrected chi connectivity index (χ3v) is 5.87. The number of thioether (sulfide) groups is 1. The fourth-order valence-corrected chi connectivity index (χ4v) is 4.03. The van der Waals surface area contributed by atoms with Gasteiger partial charge in [-0.1, -0.05) is 12.1 Å². The Morgan fingerprint density at radius 3 is 2.09 bits per heavy atom. The van der Waals surface area contributed by atoms with Crippen molar-refractivity contribution >= 4 is 41.1 Å². The van der Waals surface area contributed by atoms with E-state index in [2.05, 4.69) is 5.32 Å². The molecule has 1 unspecified atom stereocenters. The van der Waals surface area contributed by atoms with Crippen molar-refractivity contribution in [2.45, 2.75) is 12.5 Å². The Morgan fingerprint density at radius 1 is 1.00 bits per heavy atom. The van der Waals surface area contributed by atoms with Crippen LogP contribution in [0.5, 0.6) is 11.5 Å². The number of amides is 3. The minimum absolute atomic E-state index is 0.0366. The molecule has 0 aromatic heterocycles.